The van der Waals surface area contributed by atoms with Gasteiger partial charge in [0.25, 0.3) is 11.8 Å². The molecule has 7 nitrogen and oxygen atoms in total. The lowest BCUT2D eigenvalue weighted by atomic mass is 10.1. The largest absolute Gasteiger partial charge is 0.497 e. The molecule has 2 amide bonds. The summed E-state index contributed by atoms with van der Waals surface area (Å²) in [6.45, 7) is 3.35. The first-order valence-electron chi connectivity index (χ1n) is 8.28. The maximum Gasteiger partial charge on any atom is 0.261 e. The molecule has 1 aromatic heterocycles. The molecule has 0 aliphatic rings. The Morgan fingerprint density at radius 2 is 1.78 bits per heavy atom. The Hall–Kier alpha value is -3.61. The van der Waals surface area contributed by atoms with Crippen molar-refractivity contribution in [2.45, 2.75) is 13.8 Å². The summed E-state index contributed by atoms with van der Waals surface area (Å²) >= 11 is 0. The van der Waals surface area contributed by atoms with Gasteiger partial charge >= 0.3 is 0 Å². The minimum absolute atomic E-state index is 0.334. The Kier molecular flexibility index (Phi) is 5.21. The predicted octanol–water partition coefficient (Wildman–Crippen LogP) is 3.80. The van der Waals surface area contributed by atoms with Gasteiger partial charge in [0.05, 0.1) is 24.1 Å². The number of amides is 2. The molecule has 138 valence electrons. The molecule has 0 fully saturated rings. The summed E-state index contributed by atoms with van der Waals surface area (Å²) in [4.78, 5) is 25.3. The van der Waals surface area contributed by atoms with E-state index in [-0.39, 0.29) is 11.8 Å². The van der Waals surface area contributed by atoms with E-state index < -0.39 is 0 Å². The number of nitrogens with one attached hydrogen (secondary N) is 2. The van der Waals surface area contributed by atoms with E-state index in [0.29, 0.717) is 39.7 Å². The summed E-state index contributed by atoms with van der Waals surface area (Å²) in [6.07, 6.45) is 0. The van der Waals surface area contributed by atoms with Gasteiger partial charge in [-0.1, -0.05) is 23.4 Å². The number of para-hydroxylation sites is 1. The van der Waals surface area contributed by atoms with E-state index >= 15 is 0 Å². The fraction of sp³-hybridized carbons (Fsp3) is 0.150. The fourth-order valence-electron chi connectivity index (χ4n) is 2.68. The number of nitrogens with zero attached hydrogens (tertiary/aromatic N) is 1. The first-order chi connectivity index (χ1) is 13.0. The number of ether oxygens (including phenoxy) is 1. The van der Waals surface area contributed by atoms with Crippen LogP contribution < -0.4 is 15.4 Å². The minimum atomic E-state index is -0.382. The van der Waals surface area contributed by atoms with Gasteiger partial charge in [-0.2, -0.15) is 0 Å². The van der Waals surface area contributed by atoms with E-state index in [4.69, 9.17) is 9.26 Å². The van der Waals surface area contributed by atoms with Crippen LogP contribution in [-0.4, -0.2) is 24.1 Å². The summed E-state index contributed by atoms with van der Waals surface area (Å²) in [5.74, 6) is 0.321. The number of hydrogen-bond donors (Lipinski definition) is 2. The van der Waals surface area contributed by atoms with Crippen molar-refractivity contribution in [2.24, 2.45) is 0 Å². The topological polar surface area (TPSA) is 93.5 Å². The molecule has 3 rings (SSSR count). The molecule has 1 heterocycles. The Labute approximate surface area is 156 Å². The summed E-state index contributed by atoms with van der Waals surface area (Å²) in [7, 11) is 1.56. The average Bonchev–Trinajstić information content (AvgIpc) is 3.00. The van der Waals surface area contributed by atoms with E-state index in [0.717, 1.165) is 0 Å². The molecule has 27 heavy (non-hydrogen) atoms. The maximum absolute atomic E-state index is 12.7. The molecule has 0 spiro atoms. The van der Waals surface area contributed by atoms with Crippen LogP contribution in [0.25, 0.3) is 0 Å². The number of benzene rings is 2. The zero-order chi connectivity index (χ0) is 19.4. The fourth-order valence-corrected chi connectivity index (χ4v) is 2.68. The zero-order valence-electron chi connectivity index (χ0n) is 15.2. The van der Waals surface area contributed by atoms with Crippen molar-refractivity contribution in [1.82, 2.24) is 5.16 Å². The molecule has 0 aliphatic carbocycles. The number of carbonyl (C=O) groups excluding carboxylic acids is 2. The van der Waals surface area contributed by atoms with E-state index in [1.807, 2.05) is 0 Å². The number of hydrogen-bond acceptors (Lipinski definition) is 5. The molecule has 0 bridgehead atoms. The Balaban J connectivity index is 1.83. The van der Waals surface area contributed by atoms with Gasteiger partial charge < -0.3 is 19.9 Å². The Morgan fingerprint density at radius 1 is 1.00 bits per heavy atom. The second-order valence-corrected chi connectivity index (χ2v) is 5.88. The third-order valence-electron chi connectivity index (χ3n) is 4.01. The standard InChI is InChI=1S/C20H19N3O4/c1-12-18(13(2)27-23-12)20(25)22-17-10-5-4-9-16(17)19(24)21-14-7-6-8-15(11-14)26-3/h4-11H,1-3H3,(H,21,24)(H,22,25). The molecule has 2 aromatic carbocycles. The van der Waals surface area contributed by atoms with Crippen LogP contribution in [0.15, 0.2) is 53.1 Å². The van der Waals surface area contributed by atoms with Crippen LogP contribution in [0.5, 0.6) is 5.75 Å². The number of rotatable bonds is 5. The maximum atomic E-state index is 12.7. The van der Waals surface area contributed by atoms with Crippen molar-refractivity contribution >= 4 is 23.2 Å². The van der Waals surface area contributed by atoms with Gasteiger partial charge in [0.2, 0.25) is 0 Å². The van der Waals surface area contributed by atoms with E-state index in [1.165, 1.54) is 0 Å². The Morgan fingerprint density at radius 3 is 2.48 bits per heavy atom. The van der Waals surface area contributed by atoms with Gasteiger partial charge in [0.15, 0.2) is 0 Å². The molecule has 0 unspecified atom stereocenters. The predicted molar refractivity (Wildman–Crippen MR) is 101 cm³/mol. The van der Waals surface area contributed by atoms with Crippen molar-refractivity contribution in [3.05, 3.63) is 71.1 Å². The Bertz CT molecular complexity index is 975. The second-order valence-electron chi connectivity index (χ2n) is 5.88. The van der Waals surface area contributed by atoms with Gasteiger partial charge in [0.1, 0.15) is 17.1 Å². The first-order valence-corrected chi connectivity index (χ1v) is 8.28. The quantitative estimate of drug-likeness (QED) is 0.717. The summed E-state index contributed by atoms with van der Waals surface area (Å²) in [6, 6.07) is 13.8. The molecule has 0 saturated heterocycles. The van der Waals surface area contributed by atoms with Crippen LogP contribution in [0.4, 0.5) is 11.4 Å². The van der Waals surface area contributed by atoms with Crippen LogP contribution in [0.2, 0.25) is 0 Å². The lowest BCUT2D eigenvalue weighted by molar-refractivity contribution is 0.102. The van der Waals surface area contributed by atoms with E-state index in [9.17, 15) is 9.59 Å². The molecular weight excluding hydrogens is 346 g/mol. The van der Waals surface area contributed by atoms with Crippen LogP contribution >= 0.6 is 0 Å². The van der Waals surface area contributed by atoms with Gasteiger partial charge in [0, 0.05) is 11.8 Å². The summed E-state index contributed by atoms with van der Waals surface area (Å²) in [5.41, 5.74) is 2.16. The molecule has 3 aromatic rings. The molecular formula is C20H19N3O4. The zero-order valence-corrected chi connectivity index (χ0v) is 15.2. The highest BCUT2D eigenvalue weighted by atomic mass is 16.5. The number of anilines is 2. The van der Waals surface area contributed by atoms with E-state index in [1.54, 1.807) is 69.5 Å². The average molecular weight is 365 g/mol. The van der Waals surface area contributed by atoms with Gasteiger partial charge in [-0.15, -0.1) is 0 Å². The second kappa shape index (κ2) is 7.74. The smallest absolute Gasteiger partial charge is 0.261 e. The monoisotopic (exact) mass is 365 g/mol. The first kappa shape index (κ1) is 18.2. The minimum Gasteiger partial charge on any atom is -0.497 e. The van der Waals surface area contributed by atoms with E-state index in [2.05, 4.69) is 15.8 Å². The SMILES string of the molecule is COc1cccc(NC(=O)c2ccccc2NC(=O)c2c(C)noc2C)c1. The molecule has 2 N–H and O–H groups in total. The van der Waals surface area contributed by atoms with Crippen molar-refractivity contribution in [2.75, 3.05) is 17.7 Å². The van der Waals surface area contributed by atoms with Gasteiger partial charge in [-0.25, -0.2) is 0 Å². The number of methoxy groups -OCH3 is 1. The summed E-state index contributed by atoms with van der Waals surface area (Å²) in [5, 5.41) is 9.34. The van der Waals surface area contributed by atoms with Crippen LogP contribution in [0.3, 0.4) is 0 Å². The third kappa shape index (κ3) is 3.98. The highest BCUT2D eigenvalue weighted by Crippen LogP contribution is 2.22. The molecule has 0 atom stereocenters. The third-order valence-corrected chi connectivity index (χ3v) is 4.01. The molecule has 0 saturated carbocycles. The number of aromatic nitrogens is 1. The molecule has 7 heteroatoms. The van der Waals surface area contributed by atoms with Crippen molar-refractivity contribution in [3.8, 4) is 5.75 Å². The van der Waals surface area contributed by atoms with Gasteiger partial charge in [-0.05, 0) is 38.1 Å². The van der Waals surface area contributed by atoms with Crippen LogP contribution in [0, 0.1) is 13.8 Å². The van der Waals surface area contributed by atoms with Gasteiger partial charge in [-0.3, -0.25) is 9.59 Å². The van der Waals surface area contributed by atoms with Crippen LogP contribution in [0.1, 0.15) is 32.2 Å². The normalized spacial score (nSPS) is 10.3. The summed E-state index contributed by atoms with van der Waals surface area (Å²) < 4.78 is 10.2. The highest BCUT2D eigenvalue weighted by molar-refractivity contribution is 6.13. The lowest BCUT2D eigenvalue weighted by Crippen LogP contribution is -2.19. The van der Waals surface area contributed by atoms with Crippen molar-refractivity contribution in [1.29, 1.82) is 0 Å². The highest BCUT2D eigenvalue weighted by Gasteiger charge is 2.20. The van der Waals surface area contributed by atoms with Crippen LogP contribution in [-0.2, 0) is 0 Å². The lowest BCUT2D eigenvalue weighted by Gasteiger charge is -2.12. The van der Waals surface area contributed by atoms with Crippen molar-refractivity contribution in [3.63, 3.8) is 0 Å². The number of carbonyl (C=O) groups is 2. The molecule has 0 aliphatic heterocycles. The van der Waals surface area contributed by atoms with Crippen molar-refractivity contribution < 1.29 is 18.8 Å². The number of aryl methyl sites for hydroxylation is 2. The molecule has 0 radical (unpaired) electrons.